The third-order valence-corrected chi connectivity index (χ3v) is 6.36. The molecule has 3 aromatic rings. The summed E-state index contributed by atoms with van der Waals surface area (Å²) in [6.07, 6.45) is -0.989. The minimum Gasteiger partial charge on any atom is -0.506 e. The fourth-order valence-corrected chi connectivity index (χ4v) is 4.80. The molecule has 33 heavy (non-hydrogen) atoms. The van der Waals surface area contributed by atoms with Gasteiger partial charge in [-0.25, -0.2) is 0 Å². The summed E-state index contributed by atoms with van der Waals surface area (Å²) in [5, 5.41) is 11.3. The van der Waals surface area contributed by atoms with Crippen LogP contribution < -0.4 is 4.74 Å². The van der Waals surface area contributed by atoms with E-state index < -0.39 is 23.6 Å². The van der Waals surface area contributed by atoms with E-state index in [-0.39, 0.29) is 33.7 Å². The van der Waals surface area contributed by atoms with E-state index in [0.717, 1.165) is 49.9 Å². The van der Waals surface area contributed by atoms with Crippen LogP contribution in [0.3, 0.4) is 0 Å². The first-order valence-electron chi connectivity index (χ1n) is 10.5. The molecule has 1 saturated carbocycles. The first kappa shape index (κ1) is 23.2. The molecular formula is C24H21ClF3NO4. The van der Waals surface area contributed by atoms with Crippen molar-refractivity contribution in [1.82, 2.24) is 4.57 Å². The molecule has 0 radical (unpaired) electrons. The normalized spacial score (nSPS) is 14.7. The monoisotopic (exact) mass is 479 g/mol. The number of aromatic nitrogens is 1. The van der Waals surface area contributed by atoms with E-state index in [9.17, 15) is 27.9 Å². The molecule has 9 heteroatoms. The molecule has 174 valence electrons. The minimum absolute atomic E-state index is 0.0176. The summed E-state index contributed by atoms with van der Waals surface area (Å²) in [7, 11) is 0. The molecule has 1 aromatic heterocycles. The smallest absolute Gasteiger partial charge is 0.416 e. The lowest BCUT2D eigenvalue weighted by Gasteiger charge is -2.16. The Morgan fingerprint density at radius 1 is 1.15 bits per heavy atom. The molecule has 0 aliphatic heterocycles. The van der Waals surface area contributed by atoms with Gasteiger partial charge >= 0.3 is 12.1 Å². The predicted molar refractivity (Wildman–Crippen MR) is 117 cm³/mol. The van der Waals surface area contributed by atoms with Gasteiger partial charge in [-0.1, -0.05) is 24.4 Å². The predicted octanol–water partition coefficient (Wildman–Crippen LogP) is 6.60. The lowest BCUT2D eigenvalue weighted by molar-refractivity contribution is -0.137. The molecule has 0 unspecified atom stereocenters. The van der Waals surface area contributed by atoms with Gasteiger partial charge in [-0.3, -0.25) is 14.2 Å². The maximum Gasteiger partial charge on any atom is 0.416 e. The molecule has 1 N–H and O–H groups in total. The van der Waals surface area contributed by atoms with Crippen LogP contribution >= 0.6 is 11.6 Å². The van der Waals surface area contributed by atoms with Gasteiger partial charge < -0.3 is 9.84 Å². The Hall–Kier alpha value is -3.00. The Labute approximate surface area is 192 Å². The molecule has 2 aromatic carbocycles. The molecule has 0 atom stereocenters. The number of hydrogen-bond acceptors (Lipinski definition) is 4. The van der Waals surface area contributed by atoms with Crippen LogP contribution in [0, 0.1) is 6.92 Å². The number of esters is 1. The van der Waals surface area contributed by atoms with E-state index >= 15 is 0 Å². The molecule has 0 amide bonds. The summed E-state index contributed by atoms with van der Waals surface area (Å²) in [6, 6.07) is 5.28. The maximum atomic E-state index is 13.4. The Morgan fingerprint density at radius 3 is 2.30 bits per heavy atom. The van der Waals surface area contributed by atoms with Crippen molar-refractivity contribution in [1.29, 1.82) is 0 Å². The van der Waals surface area contributed by atoms with Crippen LogP contribution in [0.25, 0.3) is 10.9 Å². The quantitative estimate of drug-likeness (QED) is 0.430. The van der Waals surface area contributed by atoms with Crippen LogP contribution in [-0.2, 0) is 11.0 Å². The Balaban J connectivity index is 1.96. The first-order valence-corrected chi connectivity index (χ1v) is 10.8. The molecule has 1 aliphatic rings. The summed E-state index contributed by atoms with van der Waals surface area (Å²) in [4.78, 5) is 25.3. The Morgan fingerprint density at radius 2 is 1.76 bits per heavy atom. The number of rotatable bonds is 3. The van der Waals surface area contributed by atoms with E-state index in [1.54, 1.807) is 6.92 Å². The number of phenolic OH excluding ortho intramolecular Hbond substituents is 1. The van der Waals surface area contributed by atoms with Crippen molar-refractivity contribution in [2.45, 2.75) is 51.6 Å². The number of halogens is 4. The zero-order chi connectivity index (χ0) is 24.1. The van der Waals surface area contributed by atoms with E-state index in [1.165, 1.54) is 17.6 Å². The highest BCUT2D eigenvalue weighted by molar-refractivity contribution is 6.33. The molecule has 1 fully saturated rings. The number of nitrogens with zero attached hydrogens (tertiary/aromatic N) is 1. The summed E-state index contributed by atoms with van der Waals surface area (Å²) >= 11 is 6.32. The fraction of sp³-hybridized carbons (Fsp3) is 0.333. The van der Waals surface area contributed by atoms with E-state index in [0.29, 0.717) is 16.5 Å². The maximum absolute atomic E-state index is 13.4. The second kappa shape index (κ2) is 8.41. The van der Waals surface area contributed by atoms with Crippen molar-refractivity contribution < 1.29 is 32.6 Å². The molecule has 0 bridgehead atoms. The summed E-state index contributed by atoms with van der Waals surface area (Å²) in [6.45, 7) is 2.80. The largest absolute Gasteiger partial charge is 0.506 e. The highest BCUT2D eigenvalue weighted by atomic mass is 35.5. The van der Waals surface area contributed by atoms with Crippen molar-refractivity contribution in [2.75, 3.05) is 0 Å². The van der Waals surface area contributed by atoms with E-state index in [2.05, 4.69) is 0 Å². The number of fused-ring (bicyclic) bond motifs is 1. The Kier molecular flexibility index (Phi) is 5.90. The Bertz CT molecular complexity index is 1260. The van der Waals surface area contributed by atoms with Crippen molar-refractivity contribution in [3.63, 3.8) is 0 Å². The van der Waals surface area contributed by atoms with Gasteiger partial charge in [0, 0.05) is 18.1 Å². The number of alkyl halides is 3. The van der Waals surface area contributed by atoms with Crippen molar-refractivity contribution in [2.24, 2.45) is 0 Å². The SMILES string of the molecule is CC(=O)Oc1c(C)n(C(=O)c2ccc(C(F)(F)F)cc2)c2cc(Cl)c(O)c(C3CCCC3)c12. The second-order valence-corrected chi connectivity index (χ2v) is 8.63. The first-order chi connectivity index (χ1) is 15.5. The molecule has 0 saturated heterocycles. The number of aromatic hydroxyl groups is 1. The number of carbonyl (C=O) groups excluding carboxylic acids is 2. The lowest BCUT2D eigenvalue weighted by Crippen LogP contribution is -2.14. The topological polar surface area (TPSA) is 68.5 Å². The van der Waals surface area contributed by atoms with Crippen LogP contribution in [0.2, 0.25) is 5.02 Å². The number of phenols is 1. The average molecular weight is 480 g/mol. The van der Waals surface area contributed by atoms with Crippen LogP contribution in [0.5, 0.6) is 11.5 Å². The molecule has 5 nitrogen and oxygen atoms in total. The summed E-state index contributed by atoms with van der Waals surface area (Å²) < 4.78 is 45.5. The summed E-state index contributed by atoms with van der Waals surface area (Å²) in [5.41, 5.74) is 0.270. The number of benzene rings is 2. The van der Waals surface area contributed by atoms with Gasteiger partial charge in [-0.15, -0.1) is 0 Å². The highest BCUT2D eigenvalue weighted by Gasteiger charge is 2.33. The van der Waals surface area contributed by atoms with Gasteiger partial charge in [0.1, 0.15) is 5.75 Å². The number of carbonyl (C=O) groups is 2. The number of hydrogen-bond donors (Lipinski definition) is 1. The third kappa shape index (κ3) is 4.08. The van der Waals surface area contributed by atoms with Gasteiger partial charge in [-0.05, 0) is 56.0 Å². The van der Waals surface area contributed by atoms with Gasteiger partial charge in [0.25, 0.3) is 5.91 Å². The number of ether oxygens (including phenoxy) is 1. The molecule has 4 rings (SSSR count). The standard InChI is InChI=1S/C24H21ClF3NO4/c1-12-22(33-13(2)30)20-18(11-17(25)21(31)19(20)14-5-3-4-6-14)29(12)23(32)15-7-9-16(10-8-15)24(26,27)28/h7-11,14,31H,3-6H2,1-2H3. The zero-order valence-corrected chi connectivity index (χ0v) is 18.7. The van der Waals surface area contributed by atoms with E-state index in [1.807, 2.05) is 0 Å². The van der Waals surface area contributed by atoms with Crippen LogP contribution in [0.1, 0.15) is 65.7 Å². The van der Waals surface area contributed by atoms with Crippen LogP contribution in [0.15, 0.2) is 30.3 Å². The minimum atomic E-state index is -4.53. The zero-order valence-electron chi connectivity index (χ0n) is 17.9. The van der Waals surface area contributed by atoms with Crippen molar-refractivity contribution in [3.05, 3.63) is 57.7 Å². The van der Waals surface area contributed by atoms with Gasteiger partial charge in [0.2, 0.25) is 0 Å². The second-order valence-electron chi connectivity index (χ2n) is 8.22. The summed E-state index contributed by atoms with van der Waals surface area (Å²) in [5.74, 6) is -1.23. The fourth-order valence-electron chi connectivity index (χ4n) is 4.60. The van der Waals surface area contributed by atoms with E-state index in [4.69, 9.17) is 16.3 Å². The third-order valence-electron chi connectivity index (χ3n) is 6.07. The highest BCUT2D eigenvalue weighted by Crippen LogP contribution is 2.49. The molecule has 0 spiro atoms. The van der Waals surface area contributed by atoms with Crippen molar-refractivity contribution in [3.8, 4) is 11.5 Å². The molecule has 1 aliphatic carbocycles. The van der Waals surface area contributed by atoms with Gasteiger partial charge in [-0.2, -0.15) is 13.2 Å². The average Bonchev–Trinajstić information content (AvgIpc) is 3.35. The molecular weight excluding hydrogens is 459 g/mol. The van der Waals surface area contributed by atoms with Crippen LogP contribution in [0.4, 0.5) is 13.2 Å². The van der Waals surface area contributed by atoms with Crippen molar-refractivity contribution >= 4 is 34.4 Å². The van der Waals surface area contributed by atoms with Gasteiger partial charge in [0.15, 0.2) is 5.75 Å². The van der Waals surface area contributed by atoms with Crippen LogP contribution in [-0.4, -0.2) is 21.6 Å². The molecule has 1 heterocycles. The lowest BCUT2D eigenvalue weighted by atomic mass is 9.93. The van der Waals surface area contributed by atoms with Gasteiger partial charge in [0.05, 0.1) is 27.2 Å².